The lowest BCUT2D eigenvalue weighted by molar-refractivity contribution is -0.384. The minimum absolute atomic E-state index is 0.238. The Bertz CT molecular complexity index is 650. The van der Waals surface area contributed by atoms with Crippen LogP contribution in [0.1, 0.15) is 0 Å². The standard InChI is InChI=1S/C11H4F4N2O3/c12-7-9(8(13)11(15)16-10(7)14)20-6-3-1-5(2-4-6)17(18)19/h1-4H. The molecule has 0 unspecified atom stereocenters. The monoisotopic (exact) mass is 288 g/mol. The number of non-ortho nitro benzene ring substituents is 1. The largest absolute Gasteiger partial charge is 0.451 e. The Labute approximate surface area is 108 Å². The Balaban J connectivity index is 2.37. The molecule has 1 aromatic carbocycles. The van der Waals surface area contributed by atoms with Crippen molar-refractivity contribution in [1.29, 1.82) is 0 Å². The minimum Gasteiger partial charge on any atom is -0.451 e. The molecule has 0 fully saturated rings. The van der Waals surface area contributed by atoms with Crippen molar-refractivity contribution < 1.29 is 27.2 Å². The second-order valence-corrected chi connectivity index (χ2v) is 3.50. The zero-order chi connectivity index (χ0) is 14.9. The SMILES string of the molecule is O=[N+]([O-])c1ccc(Oc2c(F)c(F)nc(F)c2F)cc1. The molecular weight excluding hydrogens is 284 g/mol. The number of hydrogen-bond acceptors (Lipinski definition) is 4. The summed E-state index contributed by atoms with van der Waals surface area (Å²) in [5, 5.41) is 10.4. The number of aromatic nitrogens is 1. The molecule has 0 atom stereocenters. The van der Waals surface area contributed by atoms with E-state index in [1.807, 2.05) is 0 Å². The fraction of sp³-hybridized carbons (Fsp3) is 0. The Morgan fingerprint density at radius 3 is 1.95 bits per heavy atom. The first-order valence-corrected chi connectivity index (χ1v) is 5.02. The molecule has 0 radical (unpaired) electrons. The number of nitrogens with zero attached hydrogens (tertiary/aromatic N) is 2. The van der Waals surface area contributed by atoms with Gasteiger partial charge in [0.1, 0.15) is 5.75 Å². The molecule has 0 aliphatic carbocycles. The molecular formula is C11H4F4N2O3. The van der Waals surface area contributed by atoms with Gasteiger partial charge in [0.15, 0.2) is 0 Å². The highest BCUT2D eigenvalue weighted by Crippen LogP contribution is 2.30. The van der Waals surface area contributed by atoms with Crippen molar-refractivity contribution in [1.82, 2.24) is 4.98 Å². The summed E-state index contributed by atoms with van der Waals surface area (Å²) < 4.78 is 56.8. The molecule has 5 nitrogen and oxygen atoms in total. The van der Waals surface area contributed by atoms with E-state index < -0.39 is 34.2 Å². The van der Waals surface area contributed by atoms with Crippen molar-refractivity contribution in [3.05, 3.63) is 57.9 Å². The van der Waals surface area contributed by atoms with Crippen LogP contribution >= 0.6 is 0 Å². The van der Waals surface area contributed by atoms with Crippen LogP contribution in [0, 0.1) is 33.6 Å². The number of rotatable bonds is 3. The predicted octanol–water partition coefficient (Wildman–Crippen LogP) is 3.34. The van der Waals surface area contributed by atoms with E-state index in [9.17, 15) is 27.7 Å². The molecule has 9 heteroatoms. The number of hydrogen-bond donors (Lipinski definition) is 0. The Kier molecular flexibility index (Phi) is 3.51. The third-order valence-electron chi connectivity index (χ3n) is 2.22. The lowest BCUT2D eigenvalue weighted by Gasteiger charge is -2.08. The van der Waals surface area contributed by atoms with Crippen LogP contribution < -0.4 is 4.74 Å². The van der Waals surface area contributed by atoms with Gasteiger partial charge in [0.05, 0.1) is 4.92 Å². The molecule has 1 heterocycles. The maximum atomic E-state index is 13.3. The molecule has 0 amide bonds. The van der Waals surface area contributed by atoms with Gasteiger partial charge >= 0.3 is 0 Å². The summed E-state index contributed by atoms with van der Waals surface area (Å²) in [5.41, 5.74) is -0.287. The zero-order valence-corrected chi connectivity index (χ0v) is 9.44. The minimum atomic E-state index is -1.86. The van der Waals surface area contributed by atoms with Crippen LogP contribution in [0.3, 0.4) is 0 Å². The van der Waals surface area contributed by atoms with Crippen molar-refractivity contribution in [2.24, 2.45) is 0 Å². The normalized spacial score (nSPS) is 10.4. The second-order valence-electron chi connectivity index (χ2n) is 3.50. The van der Waals surface area contributed by atoms with E-state index in [-0.39, 0.29) is 11.4 Å². The Hall–Kier alpha value is -2.71. The number of benzene rings is 1. The lowest BCUT2D eigenvalue weighted by atomic mass is 10.3. The summed E-state index contributed by atoms with van der Waals surface area (Å²) in [6, 6.07) is 4.04. The van der Waals surface area contributed by atoms with Crippen molar-refractivity contribution in [2.45, 2.75) is 0 Å². The highest BCUT2D eigenvalue weighted by Gasteiger charge is 2.23. The topological polar surface area (TPSA) is 65.3 Å². The van der Waals surface area contributed by atoms with Gasteiger partial charge in [-0.15, -0.1) is 0 Å². The van der Waals surface area contributed by atoms with Gasteiger partial charge in [-0.2, -0.15) is 22.5 Å². The first-order valence-electron chi connectivity index (χ1n) is 5.02. The molecule has 0 N–H and O–H groups in total. The molecule has 0 saturated heterocycles. The molecule has 104 valence electrons. The van der Waals surface area contributed by atoms with Crippen LogP contribution in [0.2, 0.25) is 0 Å². The molecule has 0 aliphatic heterocycles. The van der Waals surface area contributed by atoms with E-state index >= 15 is 0 Å². The summed E-state index contributed by atoms with van der Waals surface area (Å²) in [4.78, 5) is 12.1. The van der Waals surface area contributed by atoms with Gasteiger partial charge in [0.2, 0.25) is 17.4 Å². The molecule has 1 aromatic heterocycles. The first-order chi connectivity index (χ1) is 9.40. The molecule has 20 heavy (non-hydrogen) atoms. The van der Waals surface area contributed by atoms with Crippen LogP contribution in [-0.2, 0) is 0 Å². The average molecular weight is 288 g/mol. The molecule has 2 rings (SSSR count). The first kappa shape index (κ1) is 13.7. The van der Waals surface area contributed by atoms with Crippen LogP contribution in [0.25, 0.3) is 0 Å². The van der Waals surface area contributed by atoms with E-state index in [0.717, 1.165) is 24.3 Å². The highest BCUT2D eigenvalue weighted by molar-refractivity contribution is 5.39. The Morgan fingerprint density at radius 1 is 1.00 bits per heavy atom. The van der Waals surface area contributed by atoms with Gasteiger partial charge in [-0.05, 0) is 12.1 Å². The van der Waals surface area contributed by atoms with E-state index in [1.54, 1.807) is 0 Å². The van der Waals surface area contributed by atoms with Crippen molar-refractivity contribution in [3.63, 3.8) is 0 Å². The van der Waals surface area contributed by atoms with Gasteiger partial charge in [0.25, 0.3) is 17.6 Å². The van der Waals surface area contributed by atoms with Gasteiger partial charge in [-0.3, -0.25) is 10.1 Å². The maximum Gasteiger partial charge on any atom is 0.269 e. The van der Waals surface area contributed by atoms with Crippen molar-refractivity contribution in [3.8, 4) is 11.5 Å². The van der Waals surface area contributed by atoms with Gasteiger partial charge in [0, 0.05) is 12.1 Å². The molecule has 0 spiro atoms. The number of halogens is 4. The quantitative estimate of drug-likeness (QED) is 0.376. The highest BCUT2D eigenvalue weighted by atomic mass is 19.2. The Morgan fingerprint density at radius 2 is 1.50 bits per heavy atom. The van der Waals surface area contributed by atoms with Crippen molar-refractivity contribution in [2.75, 3.05) is 0 Å². The number of nitro benzene ring substituents is 1. The van der Waals surface area contributed by atoms with Crippen LogP contribution in [-0.4, -0.2) is 9.91 Å². The van der Waals surface area contributed by atoms with E-state index in [0.29, 0.717) is 0 Å². The molecule has 0 bridgehead atoms. The van der Waals surface area contributed by atoms with E-state index in [2.05, 4.69) is 9.72 Å². The van der Waals surface area contributed by atoms with Crippen LogP contribution in [0.4, 0.5) is 23.2 Å². The fourth-order valence-corrected chi connectivity index (χ4v) is 1.31. The number of pyridine rings is 1. The number of nitro groups is 1. The predicted molar refractivity (Wildman–Crippen MR) is 57.2 cm³/mol. The maximum absolute atomic E-state index is 13.3. The lowest BCUT2D eigenvalue weighted by Crippen LogP contribution is -2.03. The van der Waals surface area contributed by atoms with E-state index in [1.165, 1.54) is 0 Å². The van der Waals surface area contributed by atoms with Crippen molar-refractivity contribution >= 4 is 5.69 Å². The summed E-state index contributed by atoms with van der Waals surface area (Å²) in [6.07, 6.45) is 0. The third-order valence-corrected chi connectivity index (χ3v) is 2.22. The summed E-state index contributed by atoms with van der Waals surface area (Å²) in [5.74, 6) is -8.88. The number of ether oxygens (including phenoxy) is 1. The van der Waals surface area contributed by atoms with Gasteiger partial charge in [-0.1, -0.05) is 0 Å². The summed E-state index contributed by atoms with van der Waals surface area (Å²) in [7, 11) is 0. The van der Waals surface area contributed by atoms with Gasteiger partial charge < -0.3 is 4.74 Å². The average Bonchev–Trinajstić information content (AvgIpc) is 2.42. The summed E-state index contributed by atoms with van der Waals surface area (Å²) in [6.45, 7) is 0. The zero-order valence-electron chi connectivity index (χ0n) is 9.44. The summed E-state index contributed by atoms with van der Waals surface area (Å²) >= 11 is 0. The van der Waals surface area contributed by atoms with Crippen LogP contribution in [0.15, 0.2) is 24.3 Å². The molecule has 0 saturated carbocycles. The van der Waals surface area contributed by atoms with Gasteiger partial charge in [-0.25, -0.2) is 0 Å². The molecule has 2 aromatic rings. The molecule has 0 aliphatic rings. The smallest absolute Gasteiger partial charge is 0.269 e. The fourth-order valence-electron chi connectivity index (χ4n) is 1.31. The van der Waals surface area contributed by atoms with Crippen LogP contribution in [0.5, 0.6) is 11.5 Å². The third kappa shape index (κ3) is 2.51. The second kappa shape index (κ2) is 5.11. The van der Waals surface area contributed by atoms with E-state index in [4.69, 9.17) is 0 Å².